The van der Waals surface area contributed by atoms with Crippen molar-refractivity contribution >= 4 is 18.3 Å². The van der Waals surface area contributed by atoms with E-state index in [0.29, 0.717) is 10.6 Å². The fourth-order valence-corrected chi connectivity index (χ4v) is 1.64. The van der Waals surface area contributed by atoms with Gasteiger partial charge >= 0.3 is 6.09 Å². The Labute approximate surface area is 117 Å². The van der Waals surface area contributed by atoms with Crippen LogP contribution in [0.1, 0.15) is 46.5 Å². The minimum atomic E-state index is -0.556. The lowest BCUT2D eigenvalue weighted by molar-refractivity contribution is 0.0485. The molecule has 0 fully saturated rings. The van der Waals surface area contributed by atoms with Gasteiger partial charge in [0.05, 0.1) is 6.04 Å². The molecule has 0 aliphatic carbocycles. The highest BCUT2D eigenvalue weighted by molar-refractivity contribution is 7.71. The van der Waals surface area contributed by atoms with Crippen LogP contribution in [0.3, 0.4) is 0 Å². The molecule has 0 aliphatic heterocycles. The summed E-state index contributed by atoms with van der Waals surface area (Å²) < 4.78 is 6.77. The van der Waals surface area contributed by atoms with Crippen molar-refractivity contribution in [1.29, 1.82) is 0 Å². The van der Waals surface area contributed by atoms with E-state index < -0.39 is 11.7 Å². The number of ether oxygens (including phenoxy) is 1. The maximum atomic E-state index is 11.8. The molecule has 0 bridgehead atoms. The number of rotatable bonds is 3. The van der Waals surface area contributed by atoms with Crippen LogP contribution in [-0.4, -0.2) is 26.6 Å². The van der Waals surface area contributed by atoms with Crippen molar-refractivity contribution < 1.29 is 9.53 Å². The lowest BCUT2D eigenvalue weighted by atomic mass is 10.0. The number of hydrogen-bond acceptors (Lipinski definition) is 5. The SMILES string of the molecule is CC(C)C(NC(=O)OC(C)(C)C)c1n[nH]c(=S)n1N. The maximum Gasteiger partial charge on any atom is 0.408 e. The molecule has 7 nitrogen and oxygen atoms in total. The van der Waals surface area contributed by atoms with Crippen LogP contribution in [-0.2, 0) is 4.74 Å². The number of aromatic amines is 1. The average molecular weight is 287 g/mol. The number of carbonyl (C=O) groups is 1. The zero-order chi connectivity index (χ0) is 14.8. The Morgan fingerprint density at radius 2 is 2.11 bits per heavy atom. The highest BCUT2D eigenvalue weighted by Gasteiger charge is 2.26. The molecule has 1 aromatic heterocycles. The van der Waals surface area contributed by atoms with Crippen LogP contribution in [0.15, 0.2) is 0 Å². The van der Waals surface area contributed by atoms with Gasteiger partial charge in [-0.05, 0) is 38.9 Å². The molecule has 4 N–H and O–H groups in total. The summed E-state index contributed by atoms with van der Waals surface area (Å²) in [5.74, 6) is 6.32. The first-order chi connectivity index (χ1) is 8.61. The van der Waals surface area contributed by atoms with Gasteiger partial charge in [0.1, 0.15) is 5.60 Å². The molecule has 0 spiro atoms. The second-order valence-electron chi connectivity index (χ2n) is 5.62. The quantitative estimate of drug-likeness (QED) is 0.582. The first kappa shape index (κ1) is 15.5. The number of nitrogen functional groups attached to an aromatic ring is 1. The number of hydrogen-bond donors (Lipinski definition) is 3. The van der Waals surface area contributed by atoms with Gasteiger partial charge in [-0.3, -0.25) is 5.10 Å². The summed E-state index contributed by atoms with van der Waals surface area (Å²) >= 11 is 4.96. The first-order valence-electron chi connectivity index (χ1n) is 6.03. The molecule has 0 aliphatic rings. The zero-order valence-electron chi connectivity index (χ0n) is 11.9. The number of amides is 1. The summed E-state index contributed by atoms with van der Waals surface area (Å²) in [5.41, 5.74) is -0.556. The molecule has 108 valence electrons. The third-order valence-electron chi connectivity index (χ3n) is 2.35. The molecule has 8 heteroatoms. The molecular weight excluding hydrogens is 266 g/mol. The highest BCUT2D eigenvalue weighted by atomic mass is 32.1. The second kappa shape index (κ2) is 5.60. The summed E-state index contributed by atoms with van der Waals surface area (Å²) in [6, 6.07) is -0.382. The predicted octanol–water partition coefficient (Wildman–Crippen LogP) is 1.88. The van der Waals surface area contributed by atoms with Crippen molar-refractivity contribution in [3.05, 3.63) is 10.6 Å². The van der Waals surface area contributed by atoms with Gasteiger partial charge in [-0.1, -0.05) is 13.8 Å². The minimum Gasteiger partial charge on any atom is -0.444 e. The molecule has 0 radical (unpaired) electrons. The van der Waals surface area contributed by atoms with Gasteiger partial charge in [0.2, 0.25) is 4.77 Å². The Kier molecular flexibility index (Phi) is 4.56. The largest absolute Gasteiger partial charge is 0.444 e. The van der Waals surface area contributed by atoms with Gasteiger partial charge in [0, 0.05) is 0 Å². The Morgan fingerprint density at radius 1 is 1.53 bits per heavy atom. The third-order valence-corrected chi connectivity index (χ3v) is 2.64. The summed E-state index contributed by atoms with van der Waals surface area (Å²) in [5, 5.41) is 9.38. The molecule has 0 saturated heterocycles. The van der Waals surface area contributed by atoms with E-state index in [0.717, 1.165) is 0 Å². The lowest BCUT2D eigenvalue weighted by Gasteiger charge is -2.24. The van der Waals surface area contributed by atoms with Crippen molar-refractivity contribution in [2.24, 2.45) is 5.92 Å². The standard InChI is InChI=1S/C11H21N5O2S/c1-6(2)7(8-14-15-9(19)16(8)12)13-10(17)18-11(3,4)5/h6-7H,12H2,1-5H3,(H,13,17)(H,15,19). The maximum absolute atomic E-state index is 11.8. The predicted molar refractivity (Wildman–Crippen MR) is 74.5 cm³/mol. The van der Waals surface area contributed by atoms with Crippen LogP contribution in [0, 0.1) is 10.7 Å². The van der Waals surface area contributed by atoms with E-state index in [1.54, 1.807) is 20.8 Å². The van der Waals surface area contributed by atoms with Crippen molar-refractivity contribution in [3.8, 4) is 0 Å². The van der Waals surface area contributed by atoms with Crippen molar-refractivity contribution in [1.82, 2.24) is 20.2 Å². The third kappa shape index (κ3) is 4.23. The van der Waals surface area contributed by atoms with Crippen LogP contribution in [0.25, 0.3) is 0 Å². The van der Waals surface area contributed by atoms with Gasteiger partial charge in [0.25, 0.3) is 0 Å². The monoisotopic (exact) mass is 287 g/mol. The molecule has 1 atom stereocenters. The zero-order valence-corrected chi connectivity index (χ0v) is 12.7. The van der Waals surface area contributed by atoms with E-state index in [-0.39, 0.29) is 12.0 Å². The molecule has 0 saturated carbocycles. The fourth-order valence-electron chi connectivity index (χ4n) is 1.50. The first-order valence-corrected chi connectivity index (χ1v) is 6.44. The van der Waals surface area contributed by atoms with Crippen molar-refractivity contribution in [3.63, 3.8) is 0 Å². The van der Waals surface area contributed by atoms with Gasteiger partial charge in [-0.15, -0.1) is 0 Å². The Bertz CT molecular complexity index is 500. The summed E-state index contributed by atoms with van der Waals surface area (Å²) in [7, 11) is 0. The number of nitrogens with one attached hydrogen (secondary N) is 2. The molecule has 1 unspecified atom stereocenters. The smallest absolute Gasteiger partial charge is 0.408 e. The van der Waals surface area contributed by atoms with Crippen LogP contribution >= 0.6 is 12.2 Å². The van der Waals surface area contributed by atoms with Gasteiger partial charge in [0.15, 0.2) is 5.82 Å². The molecule has 1 rings (SSSR count). The number of alkyl carbamates (subject to hydrolysis) is 1. The number of nitrogens with two attached hydrogens (primary N) is 1. The van der Waals surface area contributed by atoms with Crippen molar-refractivity contribution in [2.45, 2.75) is 46.3 Å². The normalized spacial score (nSPS) is 13.4. The van der Waals surface area contributed by atoms with E-state index in [9.17, 15) is 4.79 Å². The molecule has 0 aromatic carbocycles. The second-order valence-corrected chi connectivity index (χ2v) is 6.01. The Morgan fingerprint density at radius 3 is 2.47 bits per heavy atom. The Hall–Kier alpha value is -1.57. The summed E-state index contributed by atoms with van der Waals surface area (Å²) in [6.07, 6.45) is -0.514. The van der Waals surface area contributed by atoms with E-state index in [1.807, 2.05) is 13.8 Å². The average Bonchev–Trinajstić information content (AvgIpc) is 2.54. The van der Waals surface area contributed by atoms with Crippen LogP contribution < -0.4 is 11.2 Å². The van der Waals surface area contributed by atoms with E-state index in [1.165, 1.54) is 4.68 Å². The molecular formula is C11H21N5O2S. The number of aromatic nitrogens is 3. The molecule has 1 aromatic rings. The fraction of sp³-hybridized carbons (Fsp3) is 0.727. The van der Waals surface area contributed by atoms with Gasteiger partial charge in [-0.2, -0.15) is 5.10 Å². The van der Waals surface area contributed by atoms with Gasteiger partial charge in [-0.25, -0.2) is 9.47 Å². The molecule has 1 heterocycles. The highest BCUT2D eigenvalue weighted by Crippen LogP contribution is 2.19. The van der Waals surface area contributed by atoms with E-state index in [2.05, 4.69) is 15.5 Å². The summed E-state index contributed by atoms with van der Waals surface area (Å²) in [6.45, 7) is 9.29. The van der Waals surface area contributed by atoms with E-state index in [4.69, 9.17) is 22.8 Å². The Balaban J connectivity index is 2.89. The van der Waals surface area contributed by atoms with Gasteiger partial charge < -0.3 is 15.9 Å². The van der Waals surface area contributed by atoms with Crippen molar-refractivity contribution in [2.75, 3.05) is 5.84 Å². The lowest BCUT2D eigenvalue weighted by Crippen LogP contribution is -2.38. The number of H-pyrrole nitrogens is 1. The minimum absolute atomic E-state index is 0.0834. The summed E-state index contributed by atoms with van der Waals surface area (Å²) in [4.78, 5) is 11.8. The van der Waals surface area contributed by atoms with Crippen LogP contribution in [0.5, 0.6) is 0 Å². The number of nitrogens with zero attached hydrogens (tertiary/aromatic N) is 2. The van der Waals surface area contributed by atoms with E-state index >= 15 is 0 Å². The van der Waals surface area contributed by atoms with Crippen LogP contribution in [0.4, 0.5) is 4.79 Å². The number of carbonyl (C=O) groups excluding carboxylic acids is 1. The topological polar surface area (TPSA) is 98.0 Å². The van der Waals surface area contributed by atoms with Crippen LogP contribution in [0.2, 0.25) is 0 Å². The molecule has 19 heavy (non-hydrogen) atoms. The molecule has 1 amide bonds.